The SMILES string of the molecule is CC(CCN(C)C)Nc1nc(N)c(F)cc1F. The third-order valence-electron chi connectivity index (χ3n) is 2.35. The van der Waals surface area contributed by atoms with E-state index in [9.17, 15) is 8.78 Å². The molecule has 6 heteroatoms. The molecular weight excluding hydrogens is 226 g/mol. The fourth-order valence-corrected chi connectivity index (χ4v) is 1.34. The summed E-state index contributed by atoms with van der Waals surface area (Å²) in [6.07, 6.45) is 0.825. The van der Waals surface area contributed by atoms with Crippen LogP contribution in [0, 0.1) is 11.6 Å². The molecule has 0 saturated carbocycles. The van der Waals surface area contributed by atoms with Crippen LogP contribution in [0.4, 0.5) is 20.4 Å². The molecule has 17 heavy (non-hydrogen) atoms. The van der Waals surface area contributed by atoms with Gasteiger partial charge >= 0.3 is 0 Å². The highest BCUT2D eigenvalue weighted by Crippen LogP contribution is 2.17. The molecule has 1 rings (SSSR count). The fraction of sp³-hybridized carbons (Fsp3) is 0.545. The van der Waals surface area contributed by atoms with Crippen molar-refractivity contribution in [1.29, 1.82) is 0 Å². The average molecular weight is 244 g/mol. The van der Waals surface area contributed by atoms with Crippen molar-refractivity contribution in [2.45, 2.75) is 19.4 Å². The second kappa shape index (κ2) is 5.77. The molecule has 1 unspecified atom stereocenters. The van der Waals surface area contributed by atoms with E-state index in [1.54, 1.807) is 0 Å². The summed E-state index contributed by atoms with van der Waals surface area (Å²) < 4.78 is 26.2. The largest absolute Gasteiger partial charge is 0.381 e. The number of hydrogen-bond acceptors (Lipinski definition) is 4. The summed E-state index contributed by atoms with van der Waals surface area (Å²) in [5, 5.41) is 2.87. The molecule has 4 nitrogen and oxygen atoms in total. The van der Waals surface area contributed by atoms with Crippen LogP contribution in [0.25, 0.3) is 0 Å². The van der Waals surface area contributed by atoms with Crippen LogP contribution in [-0.4, -0.2) is 36.6 Å². The predicted octanol–water partition coefficient (Wildman–Crippen LogP) is 1.69. The molecule has 0 aromatic carbocycles. The van der Waals surface area contributed by atoms with E-state index in [0.717, 1.165) is 19.0 Å². The van der Waals surface area contributed by atoms with Gasteiger partial charge in [-0.25, -0.2) is 13.8 Å². The van der Waals surface area contributed by atoms with Crippen LogP contribution in [-0.2, 0) is 0 Å². The van der Waals surface area contributed by atoms with Gasteiger partial charge in [0.15, 0.2) is 23.3 Å². The van der Waals surface area contributed by atoms with E-state index in [-0.39, 0.29) is 17.7 Å². The Labute approximate surface area is 99.8 Å². The maximum absolute atomic E-state index is 13.4. The Morgan fingerprint density at radius 3 is 2.65 bits per heavy atom. The van der Waals surface area contributed by atoms with E-state index in [2.05, 4.69) is 10.3 Å². The number of pyridine rings is 1. The molecule has 3 N–H and O–H groups in total. The number of nitrogen functional groups attached to an aromatic ring is 1. The molecule has 0 radical (unpaired) electrons. The Bertz CT molecular complexity index is 382. The van der Waals surface area contributed by atoms with Crippen molar-refractivity contribution in [1.82, 2.24) is 9.88 Å². The summed E-state index contributed by atoms with van der Waals surface area (Å²) in [6.45, 7) is 2.77. The first kappa shape index (κ1) is 13.6. The van der Waals surface area contributed by atoms with Crippen LogP contribution in [0.5, 0.6) is 0 Å². The number of nitrogens with zero attached hydrogens (tertiary/aromatic N) is 2. The van der Waals surface area contributed by atoms with E-state index < -0.39 is 11.6 Å². The zero-order valence-electron chi connectivity index (χ0n) is 10.3. The smallest absolute Gasteiger partial charge is 0.168 e. The van der Waals surface area contributed by atoms with Gasteiger partial charge in [-0.1, -0.05) is 0 Å². The minimum Gasteiger partial charge on any atom is -0.381 e. The van der Waals surface area contributed by atoms with Crippen molar-refractivity contribution in [3.8, 4) is 0 Å². The van der Waals surface area contributed by atoms with Gasteiger partial charge in [0, 0.05) is 12.1 Å². The summed E-state index contributed by atoms with van der Waals surface area (Å²) in [5.74, 6) is -1.87. The summed E-state index contributed by atoms with van der Waals surface area (Å²) in [4.78, 5) is 5.67. The van der Waals surface area contributed by atoms with Crippen molar-refractivity contribution in [2.24, 2.45) is 0 Å². The molecule has 1 aromatic heterocycles. The van der Waals surface area contributed by atoms with Gasteiger partial charge in [-0.3, -0.25) is 0 Å². The monoisotopic (exact) mass is 244 g/mol. The maximum atomic E-state index is 13.4. The highest BCUT2D eigenvalue weighted by Gasteiger charge is 2.12. The van der Waals surface area contributed by atoms with Gasteiger partial charge in [0.1, 0.15) is 0 Å². The van der Waals surface area contributed by atoms with Crippen LogP contribution in [0.2, 0.25) is 0 Å². The number of aromatic nitrogens is 1. The lowest BCUT2D eigenvalue weighted by molar-refractivity contribution is 0.390. The summed E-state index contributed by atoms with van der Waals surface area (Å²) in [6, 6.07) is 0.771. The second-order valence-corrected chi connectivity index (χ2v) is 4.32. The molecule has 0 aliphatic heterocycles. The Morgan fingerprint density at radius 2 is 2.06 bits per heavy atom. The first-order valence-corrected chi connectivity index (χ1v) is 5.43. The molecule has 0 aliphatic carbocycles. The number of hydrogen-bond donors (Lipinski definition) is 2. The molecule has 1 aromatic rings. The van der Waals surface area contributed by atoms with Gasteiger partial charge in [0.25, 0.3) is 0 Å². The Morgan fingerprint density at radius 1 is 1.41 bits per heavy atom. The highest BCUT2D eigenvalue weighted by molar-refractivity contribution is 5.45. The molecule has 0 bridgehead atoms. The Hall–Kier alpha value is -1.43. The fourth-order valence-electron chi connectivity index (χ4n) is 1.34. The lowest BCUT2D eigenvalue weighted by Crippen LogP contribution is -2.24. The molecule has 0 spiro atoms. The molecular formula is C11H18F2N4. The third-order valence-corrected chi connectivity index (χ3v) is 2.35. The quantitative estimate of drug-likeness (QED) is 0.827. The standard InChI is InChI=1S/C11H18F2N4/c1-7(4-5-17(2)3)15-11-9(13)6-8(12)10(14)16-11/h6-7H,4-5H2,1-3H3,(H3,14,15,16). The lowest BCUT2D eigenvalue weighted by Gasteiger charge is -2.17. The number of halogens is 2. The minimum atomic E-state index is -0.839. The van der Waals surface area contributed by atoms with Crippen molar-refractivity contribution >= 4 is 11.6 Å². The van der Waals surface area contributed by atoms with Crippen LogP contribution in [0.3, 0.4) is 0 Å². The number of nitrogens with two attached hydrogens (primary N) is 1. The van der Waals surface area contributed by atoms with Gasteiger partial charge in [0.2, 0.25) is 0 Å². The Kier molecular flexibility index (Phi) is 4.62. The summed E-state index contributed by atoms with van der Waals surface area (Å²) in [7, 11) is 3.92. The average Bonchev–Trinajstić information content (AvgIpc) is 2.23. The molecule has 0 aliphatic rings. The van der Waals surface area contributed by atoms with E-state index in [1.165, 1.54) is 0 Å². The second-order valence-electron chi connectivity index (χ2n) is 4.32. The number of nitrogens with one attached hydrogen (secondary N) is 1. The first-order valence-electron chi connectivity index (χ1n) is 5.43. The first-order chi connectivity index (χ1) is 7.90. The molecule has 0 fully saturated rings. The maximum Gasteiger partial charge on any atom is 0.168 e. The van der Waals surface area contributed by atoms with Gasteiger partial charge in [0.05, 0.1) is 0 Å². The minimum absolute atomic E-state index is 0.00449. The topological polar surface area (TPSA) is 54.2 Å². The molecule has 0 amide bonds. The zero-order valence-corrected chi connectivity index (χ0v) is 10.3. The van der Waals surface area contributed by atoms with Crippen LogP contribution in [0.1, 0.15) is 13.3 Å². The zero-order chi connectivity index (χ0) is 13.0. The van der Waals surface area contributed by atoms with E-state index in [1.807, 2.05) is 25.9 Å². The summed E-state index contributed by atoms with van der Waals surface area (Å²) in [5.41, 5.74) is 5.29. The number of anilines is 2. The molecule has 1 atom stereocenters. The van der Waals surface area contributed by atoms with E-state index >= 15 is 0 Å². The number of rotatable bonds is 5. The normalized spacial score (nSPS) is 12.8. The molecule has 1 heterocycles. The van der Waals surface area contributed by atoms with Gasteiger partial charge in [-0.15, -0.1) is 0 Å². The van der Waals surface area contributed by atoms with Crippen molar-refractivity contribution < 1.29 is 8.78 Å². The molecule has 96 valence electrons. The van der Waals surface area contributed by atoms with Gasteiger partial charge in [-0.2, -0.15) is 0 Å². The predicted molar refractivity (Wildman–Crippen MR) is 64.8 cm³/mol. The van der Waals surface area contributed by atoms with Crippen molar-refractivity contribution in [3.63, 3.8) is 0 Å². The van der Waals surface area contributed by atoms with Gasteiger partial charge < -0.3 is 16.0 Å². The van der Waals surface area contributed by atoms with Crippen molar-refractivity contribution in [3.05, 3.63) is 17.7 Å². The Balaban J connectivity index is 2.65. The summed E-state index contributed by atoms with van der Waals surface area (Å²) >= 11 is 0. The van der Waals surface area contributed by atoms with E-state index in [4.69, 9.17) is 5.73 Å². The third kappa shape index (κ3) is 4.14. The van der Waals surface area contributed by atoms with Crippen LogP contribution >= 0.6 is 0 Å². The lowest BCUT2D eigenvalue weighted by atomic mass is 10.2. The van der Waals surface area contributed by atoms with E-state index in [0.29, 0.717) is 0 Å². The molecule has 0 saturated heterocycles. The van der Waals surface area contributed by atoms with Gasteiger partial charge in [-0.05, 0) is 34.0 Å². The van der Waals surface area contributed by atoms with Crippen molar-refractivity contribution in [2.75, 3.05) is 31.7 Å². The highest BCUT2D eigenvalue weighted by atomic mass is 19.1. The van der Waals surface area contributed by atoms with Crippen LogP contribution in [0.15, 0.2) is 6.07 Å². The van der Waals surface area contributed by atoms with Crippen LogP contribution < -0.4 is 11.1 Å².